The van der Waals surface area contributed by atoms with Crippen LogP contribution in [0.25, 0.3) is 0 Å². The van der Waals surface area contributed by atoms with Crippen molar-refractivity contribution in [1.29, 1.82) is 0 Å². The second kappa shape index (κ2) is 3.61. The summed E-state index contributed by atoms with van der Waals surface area (Å²) in [5, 5.41) is 0. The number of aryl methyl sites for hydroxylation is 1. The van der Waals surface area contributed by atoms with E-state index in [1.54, 1.807) is 11.2 Å². The number of hydrogen-bond acceptors (Lipinski definition) is 2. The summed E-state index contributed by atoms with van der Waals surface area (Å²) < 4.78 is 36.6. The van der Waals surface area contributed by atoms with Crippen molar-refractivity contribution in [3.8, 4) is 0 Å². The smallest absolute Gasteiger partial charge is 0.207 e. The lowest BCUT2D eigenvalue weighted by Gasteiger charge is -2.04. The fourth-order valence-electron chi connectivity index (χ4n) is 0.905. The first kappa shape index (κ1) is 10.4. The minimum atomic E-state index is -3.78. The van der Waals surface area contributed by atoms with Gasteiger partial charge in [-0.15, -0.1) is 4.24 Å². The van der Waals surface area contributed by atoms with Crippen LogP contribution in [0.15, 0.2) is 23.1 Å². The van der Waals surface area contributed by atoms with Crippen LogP contribution in [0.3, 0.4) is 0 Å². The maximum absolute atomic E-state index is 12.7. The first-order chi connectivity index (χ1) is 5.97. The summed E-state index contributed by atoms with van der Waals surface area (Å²) in [6, 6.07) is 3.47. The van der Waals surface area contributed by atoms with Crippen LogP contribution in [0.5, 0.6) is 0 Å². The summed E-state index contributed by atoms with van der Waals surface area (Å²) in [5.74, 6) is -0.615. The molecule has 0 atom stereocenters. The van der Waals surface area contributed by atoms with Crippen molar-refractivity contribution in [2.24, 2.45) is 0 Å². The number of nitrogens with one attached hydrogen (secondary N) is 1. The van der Waals surface area contributed by atoms with E-state index in [2.05, 4.69) is 0 Å². The molecule has 0 unspecified atom stereocenters. The molecule has 0 radical (unpaired) electrons. The molecule has 0 spiro atoms. The van der Waals surface area contributed by atoms with Gasteiger partial charge in [0.15, 0.2) is 0 Å². The molecule has 1 rings (SSSR count). The van der Waals surface area contributed by atoms with Crippen molar-refractivity contribution in [2.75, 3.05) is 0 Å². The lowest BCUT2D eigenvalue weighted by atomic mass is 10.2. The Bertz CT molecular complexity index is 419. The fourth-order valence-corrected chi connectivity index (χ4v) is 2.00. The van der Waals surface area contributed by atoms with E-state index in [1.165, 1.54) is 12.1 Å². The molecular formula is C7H7ClFNO2S. The lowest BCUT2D eigenvalue weighted by molar-refractivity contribution is 0.588. The van der Waals surface area contributed by atoms with E-state index in [0.717, 1.165) is 6.07 Å². The Morgan fingerprint density at radius 1 is 1.46 bits per heavy atom. The predicted molar refractivity (Wildman–Crippen MR) is 47.3 cm³/mol. The Morgan fingerprint density at radius 3 is 2.62 bits per heavy atom. The molecule has 13 heavy (non-hydrogen) atoms. The van der Waals surface area contributed by atoms with E-state index in [-0.39, 0.29) is 4.90 Å². The third-order valence-electron chi connectivity index (χ3n) is 1.54. The zero-order chi connectivity index (χ0) is 10.1. The Hall–Kier alpha value is -0.650. The van der Waals surface area contributed by atoms with Gasteiger partial charge in [-0.05, 0) is 36.4 Å². The van der Waals surface area contributed by atoms with E-state index in [4.69, 9.17) is 11.8 Å². The van der Waals surface area contributed by atoms with Gasteiger partial charge in [-0.25, -0.2) is 12.8 Å². The molecule has 1 aromatic rings. The third-order valence-corrected chi connectivity index (χ3v) is 3.37. The van der Waals surface area contributed by atoms with Crippen LogP contribution in [0.2, 0.25) is 0 Å². The normalized spacial score (nSPS) is 11.6. The van der Waals surface area contributed by atoms with Gasteiger partial charge < -0.3 is 0 Å². The zero-order valence-electron chi connectivity index (χ0n) is 6.71. The summed E-state index contributed by atoms with van der Waals surface area (Å²) >= 11 is 4.99. The fraction of sp³-hybridized carbons (Fsp3) is 0.143. The molecule has 0 saturated heterocycles. The summed E-state index contributed by atoms with van der Waals surface area (Å²) in [6.07, 6.45) is 0. The van der Waals surface area contributed by atoms with Gasteiger partial charge in [0.05, 0.1) is 4.90 Å². The first-order valence-electron chi connectivity index (χ1n) is 3.36. The van der Waals surface area contributed by atoms with Crippen LogP contribution in [-0.4, -0.2) is 8.42 Å². The van der Waals surface area contributed by atoms with Crippen LogP contribution in [0.4, 0.5) is 4.39 Å². The molecule has 72 valence electrons. The molecule has 0 aliphatic carbocycles. The van der Waals surface area contributed by atoms with Crippen molar-refractivity contribution in [3.63, 3.8) is 0 Å². The largest absolute Gasteiger partial charge is 0.254 e. The van der Waals surface area contributed by atoms with Crippen LogP contribution in [0.1, 0.15) is 5.56 Å². The quantitative estimate of drug-likeness (QED) is 0.774. The Balaban J connectivity index is 3.38. The number of benzene rings is 1. The Kier molecular flexibility index (Phi) is 2.90. The van der Waals surface area contributed by atoms with Crippen LogP contribution >= 0.6 is 11.8 Å². The number of halogens is 2. The molecular weight excluding hydrogens is 217 g/mol. The molecule has 0 fully saturated rings. The van der Waals surface area contributed by atoms with Crippen LogP contribution in [-0.2, 0) is 10.0 Å². The Labute approximate surface area is 80.7 Å². The van der Waals surface area contributed by atoms with Crippen molar-refractivity contribution in [1.82, 2.24) is 4.24 Å². The molecule has 1 N–H and O–H groups in total. The maximum atomic E-state index is 12.7. The number of hydrogen-bond donors (Lipinski definition) is 1. The standard InChI is InChI=1S/C7H7ClFNO2S/c1-5-2-3-6(9)4-7(5)13(11,12)10-8/h2-4,10H,1H3. The molecule has 0 bridgehead atoms. The molecule has 0 heterocycles. The van der Waals surface area contributed by atoms with Gasteiger partial charge in [0.1, 0.15) is 5.82 Å². The van der Waals surface area contributed by atoms with Gasteiger partial charge >= 0.3 is 0 Å². The highest BCUT2D eigenvalue weighted by molar-refractivity contribution is 7.90. The molecule has 0 amide bonds. The maximum Gasteiger partial charge on any atom is 0.254 e. The monoisotopic (exact) mass is 223 g/mol. The topological polar surface area (TPSA) is 46.2 Å². The number of sulfonamides is 1. The van der Waals surface area contributed by atoms with Crippen LogP contribution in [0, 0.1) is 12.7 Å². The van der Waals surface area contributed by atoms with E-state index in [0.29, 0.717) is 5.56 Å². The predicted octanol–water partition coefficient (Wildman–Crippen LogP) is 1.57. The van der Waals surface area contributed by atoms with Crippen molar-refractivity contribution < 1.29 is 12.8 Å². The highest BCUT2D eigenvalue weighted by Gasteiger charge is 2.15. The van der Waals surface area contributed by atoms with E-state index in [9.17, 15) is 12.8 Å². The molecule has 6 heteroatoms. The van der Waals surface area contributed by atoms with Gasteiger partial charge in [-0.2, -0.15) is 0 Å². The summed E-state index contributed by atoms with van der Waals surface area (Å²) in [4.78, 5) is -0.150. The van der Waals surface area contributed by atoms with Crippen LogP contribution < -0.4 is 4.24 Å². The molecule has 0 aliphatic heterocycles. The minimum absolute atomic E-state index is 0.150. The number of rotatable bonds is 2. The van der Waals surface area contributed by atoms with E-state index in [1.807, 2.05) is 0 Å². The zero-order valence-corrected chi connectivity index (χ0v) is 8.29. The average molecular weight is 224 g/mol. The van der Waals surface area contributed by atoms with Gasteiger partial charge in [0, 0.05) is 0 Å². The van der Waals surface area contributed by atoms with Gasteiger partial charge in [-0.3, -0.25) is 0 Å². The van der Waals surface area contributed by atoms with Gasteiger partial charge in [0.25, 0.3) is 10.0 Å². The summed E-state index contributed by atoms with van der Waals surface area (Å²) in [7, 11) is -3.78. The molecule has 0 saturated carbocycles. The molecule has 0 aliphatic rings. The van der Waals surface area contributed by atoms with Gasteiger partial charge in [-0.1, -0.05) is 6.07 Å². The summed E-state index contributed by atoms with van der Waals surface area (Å²) in [6.45, 7) is 1.56. The van der Waals surface area contributed by atoms with Crippen molar-refractivity contribution >= 4 is 21.8 Å². The van der Waals surface area contributed by atoms with E-state index >= 15 is 0 Å². The minimum Gasteiger partial charge on any atom is -0.207 e. The molecule has 1 aromatic carbocycles. The molecule has 3 nitrogen and oxygen atoms in total. The highest BCUT2D eigenvalue weighted by Crippen LogP contribution is 2.16. The second-order valence-electron chi connectivity index (χ2n) is 2.49. The SMILES string of the molecule is Cc1ccc(F)cc1S(=O)(=O)NCl. The first-order valence-corrected chi connectivity index (χ1v) is 5.22. The van der Waals surface area contributed by atoms with E-state index < -0.39 is 15.8 Å². The Morgan fingerprint density at radius 2 is 2.08 bits per heavy atom. The average Bonchev–Trinajstić information content (AvgIpc) is 2.09. The lowest BCUT2D eigenvalue weighted by Crippen LogP contribution is -2.15. The van der Waals surface area contributed by atoms with Crippen molar-refractivity contribution in [2.45, 2.75) is 11.8 Å². The second-order valence-corrected chi connectivity index (χ2v) is 4.55. The highest BCUT2D eigenvalue weighted by atomic mass is 35.5. The van der Waals surface area contributed by atoms with Gasteiger partial charge in [0.2, 0.25) is 0 Å². The molecule has 0 aromatic heterocycles. The third kappa shape index (κ3) is 2.18. The summed E-state index contributed by atoms with van der Waals surface area (Å²) in [5.41, 5.74) is 0.439. The van der Waals surface area contributed by atoms with Crippen molar-refractivity contribution in [3.05, 3.63) is 29.6 Å².